The van der Waals surface area contributed by atoms with Crippen molar-refractivity contribution in [2.75, 3.05) is 7.11 Å². The number of hydrogen-bond acceptors (Lipinski definition) is 2. The van der Waals surface area contributed by atoms with Crippen LogP contribution in [0.5, 0.6) is 0 Å². The van der Waals surface area contributed by atoms with Crippen molar-refractivity contribution in [1.82, 2.24) is 0 Å². The number of hydrogen-bond donors (Lipinski definition) is 0. The fraction of sp³-hybridized carbons (Fsp3) is 0.500. The summed E-state index contributed by atoms with van der Waals surface area (Å²) >= 11 is 0. The Hall–Kier alpha value is -1.05. The molecule has 0 heterocycles. The normalized spacial score (nSPS) is 12.8. The fourth-order valence-corrected chi connectivity index (χ4v) is 0.725. The molecule has 0 aliphatic rings. The first-order valence-corrected chi connectivity index (χ1v) is 4.07. The Balaban J connectivity index is 3.48. The van der Waals surface area contributed by atoms with Gasteiger partial charge in [0.2, 0.25) is 0 Å². The summed E-state index contributed by atoms with van der Waals surface area (Å²) in [6, 6.07) is 0. The van der Waals surface area contributed by atoms with Crippen LogP contribution in [0.25, 0.3) is 0 Å². The van der Waals surface area contributed by atoms with Crippen LogP contribution < -0.4 is 0 Å². The predicted molar refractivity (Wildman–Crippen MR) is 49.8 cm³/mol. The fourth-order valence-electron chi connectivity index (χ4n) is 0.725. The molecule has 0 rings (SSSR count). The van der Waals surface area contributed by atoms with Crippen molar-refractivity contribution >= 4 is 5.97 Å². The van der Waals surface area contributed by atoms with E-state index in [2.05, 4.69) is 18.2 Å². The van der Waals surface area contributed by atoms with E-state index in [1.807, 2.05) is 12.2 Å². The first-order valence-electron chi connectivity index (χ1n) is 4.07. The van der Waals surface area contributed by atoms with Crippen LogP contribution in [-0.2, 0) is 9.53 Å². The minimum Gasteiger partial charge on any atom is -0.466 e. The lowest BCUT2D eigenvalue weighted by Gasteiger charge is -2.00. The van der Waals surface area contributed by atoms with E-state index in [0.29, 0.717) is 5.92 Å². The van der Waals surface area contributed by atoms with E-state index in [4.69, 9.17) is 0 Å². The van der Waals surface area contributed by atoms with Crippen LogP contribution in [0.3, 0.4) is 0 Å². The number of rotatable bonds is 5. The van der Waals surface area contributed by atoms with Crippen molar-refractivity contribution in [3.63, 3.8) is 0 Å². The lowest BCUT2D eigenvalue weighted by Crippen LogP contribution is -1.94. The number of esters is 1. The number of allylic oxidation sites excluding steroid dienone is 2. The lowest BCUT2D eigenvalue weighted by molar-refractivity contribution is -0.134. The summed E-state index contributed by atoms with van der Waals surface area (Å²) in [5.41, 5.74) is 0. The average Bonchev–Trinajstić information content (AvgIpc) is 2.11. The molecule has 0 radical (unpaired) electrons. The van der Waals surface area contributed by atoms with Gasteiger partial charge in [0.05, 0.1) is 7.11 Å². The highest BCUT2D eigenvalue weighted by molar-refractivity contribution is 5.81. The quantitative estimate of drug-likeness (QED) is 0.358. The third kappa shape index (κ3) is 5.71. The molecule has 0 aliphatic carbocycles. The van der Waals surface area contributed by atoms with Crippen molar-refractivity contribution in [1.29, 1.82) is 0 Å². The Kier molecular flexibility index (Phi) is 6.07. The van der Waals surface area contributed by atoms with Crippen LogP contribution in [0, 0.1) is 5.92 Å². The second kappa shape index (κ2) is 6.65. The van der Waals surface area contributed by atoms with Gasteiger partial charge in [0.15, 0.2) is 0 Å². The van der Waals surface area contributed by atoms with Crippen LogP contribution in [0.2, 0.25) is 0 Å². The molecule has 0 N–H and O–H groups in total. The van der Waals surface area contributed by atoms with Gasteiger partial charge < -0.3 is 4.74 Å². The SMILES string of the molecule is C=C[C@@H](C)CCC=CC(=O)OC. The maximum Gasteiger partial charge on any atom is 0.330 e. The van der Waals surface area contributed by atoms with E-state index in [1.165, 1.54) is 13.2 Å². The minimum atomic E-state index is -0.291. The van der Waals surface area contributed by atoms with Gasteiger partial charge in [0, 0.05) is 6.08 Å². The van der Waals surface area contributed by atoms with Crippen LogP contribution in [0.1, 0.15) is 19.8 Å². The molecule has 0 spiro atoms. The molecule has 0 aromatic heterocycles. The topological polar surface area (TPSA) is 26.3 Å². The molecule has 0 saturated carbocycles. The van der Waals surface area contributed by atoms with Gasteiger partial charge in [-0.05, 0) is 18.8 Å². The molecule has 1 atom stereocenters. The highest BCUT2D eigenvalue weighted by Crippen LogP contribution is 2.06. The van der Waals surface area contributed by atoms with Crippen LogP contribution >= 0.6 is 0 Å². The molecule has 0 unspecified atom stereocenters. The van der Waals surface area contributed by atoms with E-state index >= 15 is 0 Å². The Morgan fingerprint density at radius 2 is 2.33 bits per heavy atom. The van der Waals surface area contributed by atoms with Gasteiger partial charge in [0.1, 0.15) is 0 Å². The molecular formula is C10H16O2. The van der Waals surface area contributed by atoms with E-state index in [9.17, 15) is 4.79 Å². The maximum atomic E-state index is 10.6. The number of carbonyl (C=O) groups excluding carboxylic acids is 1. The number of methoxy groups -OCH3 is 1. The molecule has 2 nitrogen and oxygen atoms in total. The highest BCUT2D eigenvalue weighted by atomic mass is 16.5. The van der Waals surface area contributed by atoms with E-state index < -0.39 is 0 Å². The zero-order valence-corrected chi connectivity index (χ0v) is 7.75. The summed E-state index contributed by atoms with van der Waals surface area (Å²) in [4.78, 5) is 10.6. The van der Waals surface area contributed by atoms with Crippen LogP contribution in [-0.4, -0.2) is 13.1 Å². The third-order valence-electron chi connectivity index (χ3n) is 1.65. The van der Waals surface area contributed by atoms with Gasteiger partial charge in [-0.15, -0.1) is 6.58 Å². The smallest absolute Gasteiger partial charge is 0.330 e. The molecule has 0 bridgehead atoms. The van der Waals surface area contributed by atoms with E-state index in [1.54, 1.807) is 0 Å². The molecule has 0 aliphatic heterocycles. The molecule has 0 amide bonds. The summed E-state index contributed by atoms with van der Waals surface area (Å²) in [6.07, 6.45) is 7.10. The zero-order valence-electron chi connectivity index (χ0n) is 7.75. The first-order chi connectivity index (χ1) is 5.70. The molecule has 0 fully saturated rings. The van der Waals surface area contributed by atoms with Gasteiger partial charge in [-0.2, -0.15) is 0 Å². The van der Waals surface area contributed by atoms with Crippen LogP contribution in [0.15, 0.2) is 24.8 Å². The molecule has 2 heteroatoms. The summed E-state index contributed by atoms with van der Waals surface area (Å²) in [5, 5.41) is 0. The standard InChI is InChI=1S/C10H16O2/c1-4-9(2)7-5-6-8-10(11)12-3/h4,6,8-9H,1,5,7H2,2-3H3/t9-/m1/s1. The average molecular weight is 168 g/mol. The predicted octanol–water partition coefficient (Wildman–Crippen LogP) is 2.32. The zero-order chi connectivity index (χ0) is 9.40. The molecule has 0 aromatic rings. The van der Waals surface area contributed by atoms with Gasteiger partial charge in [0.25, 0.3) is 0 Å². The number of ether oxygens (including phenoxy) is 1. The second-order valence-corrected chi connectivity index (χ2v) is 2.72. The summed E-state index contributed by atoms with van der Waals surface area (Å²) < 4.78 is 4.44. The lowest BCUT2D eigenvalue weighted by atomic mass is 10.1. The van der Waals surface area contributed by atoms with Gasteiger partial charge in [-0.25, -0.2) is 4.79 Å². The summed E-state index contributed by atoms with van der Waals surface area (Å²) in [5.74, 6) is 0.216. The number of carbonyl (C=O) groups is 1. The minimum absolute atomic E-state index is 0.291. The molecule has 12 heavy (non-hydrogen) atoms. The van der Waals surface area contributed by atoms with E-state index in [0.717, 1.165) is 12.8 Å². The van der Waals surface area contributed by atoms with Crippen molar-refractivity contribution < 1.29 is 9.53 Å². The Bertz CT molecular complexity index is 171. The molecule has 0 saturated heterocycles. The molecular weight excluding hydrogens is 152 g/mol. The maximum absolute atomic E-state index is 10.6. The van der Waals surface area contributed by atoms with E-state index in [-0.39, 0.29) is 5.97 Å². The van der Waals surface area contributed by atoms with Crippen molar-refractivity contribution in [3.8, 4) is 0 Å². The highest BCUT2D eigenvalue weighted by Gasteiger charge is 1.93. The second-order valence-electron chi connectivity index (χ2n) is 2.72. The Morgan fingerprint density at radius 3 is 2.83 bits per heavy atom. The summed E-state index contributed by atoms with van der Waals surface area (Å²) in [7, 11) is 1.37. The van der Waals surface area contributed by atoms with Crippen molar-refractivity contribution in [2.45, 2.75) is 19.8 Å². The van der Waals surface area contributed by atoms with Crippen molar-refractivity contribution in [2.24, 2.45) is 5.92 Å². The molecule has 0 aromatic carbocycles. The monoisotopic (exact) mass is 168 g/mol. The Morgan fingerprint density at radius 1 is 1.67 bits per heavy atom. The van der Waals surface area contributed by atoms with Crippen molar-refractivity contribution in [3.05, 3.63) is 24.8 Å². The summed E-state index contributed by atoms with van der Waals surface area (Å²) in [6.45, 7) is 5.77. The third-order valence-corrected chi connectivity index (χ3v) is 1.65. The van der Waals surface area contributed by atoms with Crippen LogP contribution in [0.4, 0.5) is 0 Å². The first kappa shape index (κ1) is 11.0. The Labute approximate surface area is 73.9 Å². The largest absolute Gasteiger partial charge is 0.466 e. The molecule has 68 valence electrons. The van der Waals surface area contributed by atoms with Gasteiger partial charge in [-0.3, -0.25) is 0 Å². The van der Waals surface area contributed by atoms with Gasteiger partial charge >= 0.3 is 5.97 Å². The van der Waals surface area contributed by atoms with Gasteiger partial charge in [-0.1, -0.05) is 19.1 Å².